The van der Waals surface area contributed by atoms with E-state index in [-0.39, 0.29) is 30.9 Å². The molecule has 3 fully saturated rings. The Labute approximate surface area is 136 Å². The van der Waals surface area contributed by atoms with Gasteiger partial charge in [0.15, 0.2) is 17.9 Å². The maximum absolute atomic E-state index is 11.6. The van der Waals surface area contributed by atoms with Crippen LogP contribution in [0.1, 0.15) is 47.5 Å². The van der Waals surface area contributed by atoms with Crippen LogP contribution in [0.2, 0.25) is 0 Å². The highest BCUT2D eigenvalue weighted by atomic mass is 16.9. The Hall–Kier alpha value is -0.730. The molecule has 0 unspecified atom stereocenters. The van der Waals surface area contributed by atoms with Gasteiger partial charge in [0.25, 0.3) is 0 Å². The number of fused-ring (bicyclic) bond motifs is 3. The highest BCUT2D eigenvalue weighted by molar-refractivity contribution is 5.69. The molecule has 0 N–H and O–H groups in total. The Morgan fingerprint density at radius 2 is 1.57 bits per heavy atom. The summed E-state index contributed by atoms with van der Waals surface area (Å²) < 4.78 is 34.9. The van der Waals surface area contributed by atoms with E-state index in [0.29, 0.717) is 6.42 Å². The Kier molecular flexibility index (Phi) is 4.44. The molecule has 0 saturated carbocycles. The van der Waals surface area contributed by atoms with Crippen LogP contribution in [0.4, 0.5) is 0 Å². The first-order valence-electron chi connectivity index (χ1n) is 8.23. The molecule has 3 aliphatic rings. The van der Waals surface area contributed by atoms with Gasteiger partial charge in [-0.2, -0.15) is 0 Å². The largest absolute Gasteiger partial charge is 0.463 e. The topological polar surface area (TPSA) is 72.5 Å². The smallest absolute Gasteiger partial charge is 0.305 e. The lowest BCUT2D eigenvalue weighted by atomic mass is 9.99. The summed E-state index contributed by atoms with van der Waals surface area (Å²) in [6, 6.07) is 0. The van der Waals surface area contributed by atoms with Crippen LogP contribution in [0, 0.1) is 0 Å². The Morgan fingerprint density at radius 3 is 2.26 bits per heavy atom. The molecule has 0 aliphatic carbocycles. The van der Waals surface area contributed by atoms with Gasteiger partial charge in [-0.3, -0.25) is 4.79 Å². The van der Waals surface area contributed by atoms with Crippen molar-refractivity contribution in [2.75, 3.05) is 6.61 Å². The van der Waals surface area contributed by atoms with E-state index < -0.39 is 24.0 Å². The summed E-state index contributed by atoms with van der Waals surface area (Å²) in [6.45, 7) is 9.42. The molecule has 7 heteroatoms. The lowest BCUT2D eigenvalue weighted by Crippen LogP contribution is -2.56. The number of esters is 1. The standard InChI is InChI=1S/C16H26O7/c1-6-7-10(17)18-8-9-11-12(21-15(2,3)20-11)13-14(19-9)23-16(4,5)22-13/h9,11-14H,6-8H2,1-5H3/t9-,11+,12+,13-,14+/m1/s1. The highest BCUT2D eigenvalue weighted by Crippen LogP contribution is 2.44. The third-order valence-electron chi connectivity index (χ3n) is 4.11. The number of carbonyl (C=O) groups is 1. The second-order valence-corrected chi connectivity index (χ2v) is 7.14. The molecule has 0 aromatic rings. The Bertz CT molecular complexity index is 461. The van der Waals surface area contributed by atoms with Crippen molar-refractivity contribution in [3.63, 3.8) is 0 Å². The van der Waals surface area contributed by atoms with Crippen molar-refractivity contribution in [2.24, 2.45) is 0 Å². The maximum atomic E-state index is 11.6. The molecule has 0 bridgehead atoms. The minimum atomic E-state index is -0.746. The molecule has 3 aliphatic heterocycles. The molecule has 0 amide bonds. The van der Waals surface area contributed by atoms with E-state index in [1.807, 2.05) is 34.6 Å². The first kappa shape index (κ1) is 17.1. The predicted octanol–water partition coefficient (Wildman–Crippen LogP) is 1.73. The van der Waals surface area contributed by atoms with E-state index in [9.17, 15) is 4.79 Å². The van der Waals surface area contributed by atoms with Gasteiger partial charge < -0.3 is 28.4 Å². The minimum absolute atomic E-state index is 0.118. The number of hydrogen-bond acceptors (Lipinski definition) is 7. The van der Waals surface area contributed by atoms with Gasteiger partial charge in [0, 0.05) is 6.42 Å². The van der Waals surface area contributed by atoms with Gasteiger partial charge in [-0.05, 0) is 34.1 Å². The monoisotopic (exact) mass is 330 g/mol. The van der Waals surface area contributed by atoms with Gasteiger partial charge in [-0.15, -0.1) is 0 Å². The van der Waals surface area contributed by atoms with Crippen molar-refractivity contribution < 1.29 is 33.2 Å². The average molecular weight is 330 g/mol. The fraction of sp³-hybridized carbons (Fsp3) is 0.938. The van der Waals surface area contributed by atoms with Gasteiger partial charge in [-0.1, -0.05) is 6.92 Å². The summed E-state index contributed by atoms with van der Waals surface area (Å²) in [5.41, 5.74) is 0. The lowest BCUT2D eigenvalue weighted by molar-refractivity contribution is -0.242. The zero-order valence-corrected chi connectivity index (χ0v) is 14.4. The molecule has 3 heterocycles. The van der Waals surface area contributed by atoms with E-state index in [1.54, 1.807) is 0 Å². The fourth-order valence-electron chi connectivity index (χ4n) is 3.28. The number of ether oxygens (including phenoxy) is 6. The first-order valence-corrected chi connectivity index (χ1v) is 8.23. The average Bonchev–Trinajstić information content (AvgIpc) is 2.90. The molecule has 3 rings (SSSR count). The maximum Gasteiger partial charge on any atom is 0.305 e. The third-order valence-corrected chi connectivity index (χ3v) is 4.11. The van der Waals surface area contributed by atoms with Crippen molar-refractivity contribution in [2.45, 2.75) is 89.7 Å². The van der Waals surface area contributed by atoms with E-state index in [2.05, 4.69) is 0 Å². The van der Waals surface area contributed by atoms with E-state index >= 15 is 0 Å². The van der Waals surface area contributed by atoms with E-state index in [0.717, 1.165) is 6.42 Å². The molecule has 0 aromatic carbocycles. The van der Waals surface area contributed by atoms with Crippen LogP contribution in [0.25, 0.3) is 0 Å². The minimum Gasteiger partial charge on any atom is -0.463 e. The Morgan fingerprint density at radius 1 is 0.957 bits per heavy atom. The number of hydrogen-bond donors (Lipinski definition) is 0. The molecular weight excluding hydrogens is 304 g/mol. The van der Waals surface area contributed by atoms with Gasteiger partial charge in [0.1, 0.15) is 31.0 Å². The van der Waals surface area contributed by atoms with Crippen molar-refractivity contribution in [1.82, 2.24) is 0 Å². The zero-order valence-electron chi connectivity index (χ0n) is 14.4. The van der Waals surface area contributed by atoms with Crippen LogP contribution < -0.4 is 0 Å². The molecular formula is C16H26O7. The normalized spacial score (nSPS) is 40.5. The number of rotatable bonds is 4. The van der Waals surface area contributed by atoms with Crippen molar-refractivity contribution in [3.05, 3.63) is 0 Å². The van der Waals surface area contributed by atoms with Crippen LogP contribution in [-0.2, 0) is 33.2 Å². The summed E-state index contributed by atoms with van der Waals surface area (Å²) in [7, 11) is 0. The second-order valence-electron chi connectivity index (χ2n) is 7.14. The van der Waals surface area contributed by atoms with Gasteiger partial charge in [-0.25, -0.2) is 0 Å². The summed E-state index contributed by atoms with van der Waals surface area (Å²) in [5, 5.41) is 0. The van der Waals surface area contributed by atoms with E-state index in [1.165, 1.54) is 0 Å². The highest BCUT2D eigenvalue weighted by Gasteiger charge is 2.60. The number of carbonyl (C=O) groups excluding carboxylic acids is 1. The molecule has 0 spiro atoms. The second kappa shape index (κ2) is 5.97. The van der Waals surface area contributed by atoms with Crippen LogP contribution in [0.3, 0.4) is 0 Å². The summed E-state index contributed by atoms with van der Waals surface area (Å²) >= 11 is 0. The lowest BCUT2D eigenvalue weighted by Gasteiger charge is -2.36. The van der Waals surface area contributed by atoms with E-state index in [4.69, 9.17) is 28.4 Å². The predicted molar refractivity (Wildman–Crippen MR) is 78.4 cm³/mol. The van der Waals surface area contributed by atoms with Gasteiger partial charge in [0.2, 0.25) is 0 Å². The molecule has 7 nitrogen and oxygen atoms in total. The summed E-state index contributed by atoms with van der Waals surface area (Å²) in [4.78, 5) is 11.6. The van der Waals surface area contributed by atoms with Crippen molar-refractivity contribution in [1.29, 1.82) is 0 Å². The molecule has 0 aromatic heterocycles. The van der Waals surface area contributed by atoms with Crippen LogP contribution >= 0.6 is 0 Å². The Balaban J connectivity index is 1.72. The third kappa shape index (κ3) is 3.53. The summed E-state index contributed by atoms with van der Waals surface area (Å²) in [6.07, 6.45) is -0.903. The van der Waals surface area contributed by atoms with Crippen molar-refractivity contribution >= 4 is 5.97 Å². The molecule has 0 radical (unpaired) electrons. The molecule has 23 heavy (non-hydrogen) atoms. The fourth-order valence-corrected chi connectivity index (χ4v) is 3.28. The van der Waals surface area contributed by atoms with Crippen LogP contribution in [0.15, 0.2) is 0 Å². The quantitative estimate of drug-likeness (QED) is 0.727. The van der Waals surface area contributed by atoms with Crippen molar-refractivity contribution in [3.8, 4) is 0 Å². The molecule has 5 atom stereocenters. The molecule has 3 saturated heterocycles. The first-order chi connectivity index (χ1) is 10.7. The van der Waals surface area contributed by atoms with Gasteiger partial charge in [0.05, 0.1) is 0 Å². The molecule has 132 valence electrons. The SMILES string of the molecule is CCCC(=O)OC[C@H]1O[C@H]2OC(C)(C)O[C@@H]2[C@H]2OC(C)(C)O[C@H]21. The van der Waals surface area contributed by atoms with Crippen LogP contribution in [0.5, 0.6) is 0 Å². The van der Waals surface area contributed by atoms with Crippen LogP contribution in [-0.4, -0.2) is 54.9 Å². The zero-order chi connectivity index (χ0) is 16.8. The van der Waals surface area contributed by atoms with Gasteiger partial charge >= 0.3 is 5.97 Å². The summed E-state index contributed by atoms with van der Waals surface area (Å²) in [5.74, 6) is -1.73.